The molecule has 1 rings (SSSR count). The van der Waals surface area contributed by atoms with Crippen molar-refractivity contribution >= 4 is 11.9 Å². The first kappa shape index (κ1) is 17.0. The third kappa shape index (κ3) is 4.77. The van der Waals surface area contributed by atoms with E-state index in [0.29, 0.717) is 5.75 Å². The molecule has 0 aliphatic carbocycles. The summed E-state index contributed by atoms with van der Waals surface area (Å²) in [4.78, 5) is 22.9. The minimum absolute atomic E-state index is 0.186. The van der Waals surface area contributed by atoms with Gasteiger partial charge in [-0.15, -0.1) is 0 Å². The number of carbonyl (C=O) groups excluding carboxylic acids is 1. The van der Waals surface area contributed by atoms with Gasteiger partial charge in [0.2, 0.25) is 0 Å². The van der Waals surface area contributed by atoms with Crippen molar-refractivity contribution in [3.63, 3.8) is 0 Å². The topological polar surface area (TPSA) is 75.6 Å². The zero-order valence-electron chi connectivity index (χ0n) is 13.2. The molecular weight excluding hydrogens is 270 g/mol. The van der Waals surface area contributed by atoms with Crippen LogP contribution in [0, 0.1) is 26.7 Å². The normalized spacial score (nSPS) is 12.1. The number of carboxylic acid groups (broad SMARTS) is 1. The molecule has 116 valence electrons. The fourth-order valence-corrected chi connectivity index (χ4v) is 2.26. The molecule has 5 nitrogen and oxygen atoms in total. The maximum atomic E-state index is 11.8. The number of hydrogen-bond acceptors (Lipinski definition) is 3. The van der Waals surface area contributed by atoms with E-state index < -0.39 is 17.9 Å². The van der Waals surface area contributed by atoms with Crippen molar-refractivity contribution in [1.82, 2.24) is 5.32 Å². The standard InChI is InChI=1S/C16H23NO4/c1-9(2)14(16(19)20)17-13(18)8-21-15-11(4)6-10(3)7-12(15)5/h6-7,9,14H,8H2,1-5H3,(H,17,18)(H,19,20). The second-order valence-corrected chi connectivity index (χ2v) is 5.64. The number of carboxylic acids is 1. The maximum absolute atomic E-state index is 11.8. The van der Waals surface area contributed by atoms with Crippen LogP contribution in [0.3, 0.4) is 0 Å². The molecule has 0 bridgehead atoms. The minimum Gasteiger partial charge on any atom is -0.483 e. The molecule has 2 N–H and O–H groups in total. The van der Waals surface area contributed by atoms with Gasteiger partial charge in [-0.05, 0) is 37.8 Å². The Morgan fingerprint density at radius 1 is 1.19 bits per heavy atom. The van der Waals surface area contributed by atoms with Crippen LogP contribution in [0.25, 0.3) is 0 Å². The number of carbonyl (C=O) groups is 2. The van der Waals surface area contributed by atoms with E-state index in [4.69, 9.17) is 9.84 Å². The number of rotatable bonds is 6. The molecular formula is C16H23NO4. The third-order valence-corrected chi connectivity index (χ3v) is 3.20. The largest absolute Gasteiger partial charge is 0.483 e. The third-order valence-electron chi connectivity index (χ3n) is 3.20. The van der Waals surface area contributed by atoms with E-state index in [1.54, 1.807) is 13.8 Å². The van der Waals surface area contributed by atoms with E-state index in [2.05, 4.69) is 5.32 Å². The van der Waals surface area contributed by atoms with E-state index in [1.807, 2.05) is 32.9 Å². The lowest BCUT2D eigenvalue weighted by Gasteiger charge is -2.18. The highest BCUT2D eigenvalue weighted by Gasteiger charge is 2.23. The molecule has 0 aromatic heterocycles. The van der Waals surface area contributed by atoms with Gasteiger partial charge in [-0.3, -0.25) is 4.79 Å². The summed E-state index contributed by atoms with van der Waals surface area (Å²) in [6.45, 7) is 9.13. The van der Waals surface area contributed by atoms with Gasteiger partial charge in [0.25, 0.3) is 5.91 Å². The lowest BCUT2D eigenvalue weighted by atomic mass is 10.1. The first-order valence-corrected chi connectivity index (χ1v) is 6.95. The lowest BCUT2D eigenvalue weighted by Crippen LogP contribution is -2.46. The predicted molar refractivity (Wildman–Crippen MR) is 80.6 cm³/mol. The van der Waals surface area contributed by atoms with Crippen molar-refractivity contribution in [2.45, 2.75) is 40.7 Å². The molecule has 1 unspecified atom stereocenters. The van der Waals surface area contributed by atoms with E-state index >= 15 is 0 Å². The minimum atomic E-state index is -1.04. The molecule has 1 amide bonds. The van der Waals surface area contributed by atoms with Gasteiger partial charge in [0.05, 0.1) is 0 Å². The average Bonchev–Trinajstić information content (AvgIpc) is 2.33. The van der Waals surface area contributed by atoms with Gasteiger partial charge in [-0.2, -0.15) is 0 Å². The highest BCUT2D eigenvalue weighted by Crippen LogP contribution is 2.24. The molecule has 5 heteroatoms. The van der Waals surface area contributed by atoms with Gasteiger partial charge < -0.3 is 15.2 Å². The highest BCUT2D eigenvalue weighted by molar-refractivity contribution is 5.84. The van der Waals surface area contributed by atoms with Crippen LogP contribution < -0.4 is 10.1 Å². The molecule has 0 spiro atoms. The Bertz CT molecular complexity index is 514. The molecule has 1 aromatic rings. The summed E-state index contributed by atoms with van der Waals surface area (Å²) in [5, 5.41) is 11.5. The van der Waals surface area contributed by atoms with Gasteiger partial charge >= 0.3 is 5.97 Å². The summed E-state index contributed by atoms with van der Waals surface area (Å²) in [6, 6.07) is 3.06. The fourth-order valence-electron chi connectivity index (χ4n) is 2.26. The zero-order valence-corrected chi connectivity index (χ0v) is 13.2. The van der Waals surface area contributed by atoms with Gasteiger partial charge in [0.1, 0.15) is 11.8 Å². The Hall–Kier alpha value is -2.04. The highest BCUT2D eigenvalue weighted by atomic mass is 16.5. The molecule has 0 radical (unpaired) electrons. The SMILES string of the molecule is Cc1cc(C)c(OCC(=O)NC(C(=O)O)C(C)C)c(C)c1. The Morgan fingerprint density at radius 2 is 1.71 bits per heavy atom. The van der Waals surface area contributed by atoms with Crippen molar-refractivity contribution in [1.29, 1.82) is 0 Å². The summed E-state index contributed by atoms with van der Waals surface area (Å²) < 4.78 is 5.54. The number of aliphatic carboxylic acids is 1. The molecule has 0 saturated heterocycles. The van der Waals surface area contributed by atoms with Crippen LogP contribution in [0.1, 0.15) is 30.5 Å². The molecule has 21 heavy (non-hydrogen) atoms. The molecule has 0 heterocycles. The summed E-state index contributed by atoms with van der Waals surface area (Å²) in [7, 11) is 0. The van der Waals surface area contributed by atoms with Gasteiger partial charge in [0, 0.05) is 0 Å². The van der Waals surface area contributed by atoms with Gasteiger partial charge in [-0.25, -0.2) is 4.79 Å². The Labute approximate surface area is 125 Å². The van der Waals surface area contributed by atoms with E-state index in [-0.39, 0.29) is 12.5 Å². The van der Waals surface area contributed by atoms with Crippen molar-refractivity contribution in [3.05, 3.63) is 28.8 Å². The molecule has 0 aliphatic heterocycles. The Kier molecular flexibility index (Phi) is 5.76. The van der Waals surface area contributed by atoms with Crippen LogP contribution in [0.5, 0.6) is 5.75 Å². The Morgan fingerprint density at radius 3 is 2.14 bits per heavy atom. The predicted octanol–water partition coefficient (Wildman–Crippen LogP) is 2.22. The van der Waals surface area contributed by atoms with Crippen LogP contribution in [-0.2, 0) is 9.59 Å². The monoisotopic (exact) mass is 293 g/mol. The smallest absolute Gasteiger partial charge is 0.326 e. The molecule has 0 fully saturated rings. The number of hydrogen-bond donors (Lipinski definition) is 2. The lowest BCUT2D eigenvalue weighted by molar-refractivity contribution is -0.143. The van der Waals surface area contributed by atoms with Crippen molar-refractivity contribution in [2.75, 3.05) is 6.61 Å². The number of aryl methyl sites for hydroxylation is 3. The summed E-state index contributed by atoms with van der Waals surface area (Å²) >= 11 is 0. The van der Waals surface area contributed by atoms with Crippen LogP contribution >= 0.6 is 0 Å². The molecule has 0 aliphatic rings. The van der Waals surface area contributed by atoms with Gasteiger partial charge in [0.15, 0.2) is 6.61 Å². The molecule has 1 aromatic carbocycles. The zero-order chi connectivity index (χ0) is 16.2. The quantitative estimate of drug-likeness (QED) is 0.843. The average molecular weight is 293 g/mol. The number of benzene rings is 1. The summed E-state index contributed by atoms with van der Waals surface area (Å²) in [5.74, 6) is -0.988. The second-order valence-electron chi connectivity index (χ2n) is 5.64. The van der Waals surface area contributed by atoms with E-state index in [1.165, 1.54) is 0 Å². The number of ether oxygens (including phenoxy) is 1. The summed E-state index contributed by atoms with van der Waals surface area (Å²) in [6.07, 6.45) is 0. The first-order chi connectivity index (χ1) is 9.72. The van der Waals surface area contributed by atoms with E-state index in [0.717, 1.165) is 16.7 Å². The number of amides is 1. The van der Waals surface area contributed by atoms with E-state index in [9.17, 15) is 9.59 Å². The van der Waals surface area contributed by atoms with Crippen LogP contribution in [0.2, 0.25) is 0 Å². The van der Waals surface area contributed by atoms with Gasteiger partial charge in [-0.1, -0.05) is 31.5 Å². The second kappa shape index (κ2) is 7.11. The Balaban J connectivity index is 2.67. The van der Waals surface area contributed by atoms with Crippen LogP contribution in [0.4, 0.5) is 0 Å². The fraction of sp³-hybridized carbons (Fsp3) is 0.500. The van der Waals surface area contributed by atoms with Crippen molar-refractivity contribution in [3.8, 4) is 5.75 Å². The number of nitrogens with one attached hydrogen (secondary N) is 1. The van der Waals surface area contributed by atoms with Crippen LogP contribution in [0.15, 0.2) is 12.1 Å². The summed E-state index contributed by atoms with van der Waals surface area (Å²) in [5.41, 5.74) is 3.05. The maximum Gasteiger partial charge on any atom is 0.326 e. The van der Waals surface area contributed by atoms with Crippen LogP contribution in [-0.4, -0.2) is 29.6 Å². The van der Waals surface area contributed by atoms with Crippen molar-refractivity contribution < 1.29 is 19.4 Å². The molecule has 0 saturated carbocycles. The molecule has 1 atom stereocenters. The van der Waals surface area contributed by atoms with Crippen molar-refractivity contribution in [2.24, 2.45) is 5.92 Å². The first-order valence-electron chi connectivity index (χ1n) is 6.95.